The number of ether oxygens (including phenoxy) is 1. The van der Waals surface area contributed by atoms with Crippen molar-refractivity contribution in [2.75, 3.05) is 39.1 Å². The molecule has 1 saturated heterocycles. The fourth-order valence-electron chi connectivity index (χ4n) is 4.96. The lowest BCUT2D eigenvalue weighted by molar-refractivity contribution is 0.0304. The van der Waals surface area contributed by atoms with Crippen LogP contribution in [0.4, 0.5) is 4.39 Å². The zero-order chi connectivity index (χ0) is 25.5. The molecule has 0 spiro atoms. The van der Waals surface area contributed by atoms with Gasteiger partial charge in [-0.25, -0.2) is 4.39 Å². The molecule has 8 heteroatoms. The highest BCUT2D eigenvalue weighted by atomic mass is 35.5. The highest BCUT2D eigenvalue weighted by molar-refractivity contribution is 7.99. The monoisotopic (exact) mass is 550 g/mol. The van der Waals surface area contributed by atoms with Gasteiger partial charge < -0.3 is 14.7 Å². The number of nitrogens with zero attached hydrogens (tertiary/aromatic N) is 2. The summed E-state index contributed by atoms with van der Waals surface area (Å²) >= 11 is 14.3. The fourth-order valence-corrected chi connectivity index (χ4v) is 6.38. The Kier molecular flexibility index (Phi) is 9.76. The van der Waals surface area contributed by atoms with Crippen molar-refractivity contribution >= 4 is 45.9 Å². The number of hydrogen-bond acceptors (Lipinski definition) is 5. The summed E-state index contributed by atoms with van der Waals surface area (Å²) in [5.41, 5.74) is 0.906. The molecule has 1 aliphatic rings. The van der Waals surface area contributed by atoms with Crippen LogP contribution >= 0.6 is 35.0 Å². The van der Waals surface area contributed by atoms with E-state index >= 15 is 4.39 Å². The van der Waals surface area contributed by atoms with E-state index in [1.165, 1.54) is 11.1 Å². The van der Waals surface area contributed by atoms with Gasteiger partial charge in [0.2, 0.25) is 0 Å². The van der Waals surface area contributed by atoms with Crippen LogP contribution in [0.5, 0.6) is 5.75 Å². The summed E-state index contributed by atoms with van der Waals surface area (Å²) < 4.78 is 20.9. The lowest BCUT2D eigenvalue weighted by atomic mass is 9.74. The van der Waals surface area contributed by atoms with Crippen LogP contribution in [-0.2, 0) is 0 Å². The molecular formula is C28H33Cl2FN2O2S. The number of aliphatic hydroxyl groups is 1. The van der Waals surface area contributed by atoms with Crippen molar-refractivity contribution in [3.8, 4) is 5.75 Å². The molecule has 4 nitrogen and oxygen atoms in total. The number of piperidine rings is 1. The molecule has 0 unspecified atom stereocenters. The summed E-state index contributed by atoms with van der Waals surface area (Å²) in [7, 11) is 1.58. The summed E-state index contributed by atoms with van der Waals surface area (Å²) in [5, 5.41) is 12.0. The maximum absolute atomic E-state index is 15.6. The first kappa shape index (κ1) is 27.5. The Hall–Kier alpha value is -1.57. The van der Waals surface area contributed by atoms with Gasteiger partial charge in [0, 0.05) is 33.7 Å². The molecule has 0 aliphatic carbocycles. The van der Waals surface area contributed by atoms with E-state index in [2.05, 4.69) is 16.0 Å². The second-order valence-corrected chi connectivity index (χ2v) is 11.6. The van der Waals surface area contributed by atoms with Crippen molar-refractivity contribution in [3.05, 3.63) is 64.3 Å². The van der Waals surface area contributed by atoms with Gasteiger partial charge in [-0.2, -0.15) is 0 Å². The number of methoxy groups -OCH3 is 1. The summed E-state index contributed by atoms with van der Waals surface area (Å²) in [6, 6.07) is 13.4. The first-order valence-corrected chi connectivity index (χ1v) is 14.1. The Balaban J connectivity index is 1.29. The van der Waals surface area contributed by atoms with Gasteiger partial charge in [0.1, 0.15) is 11.9 Å². The van der Waals surface area contributed by atoms with E-state index in [4.69, 9.17) is 27.9 Å². The maximum atomic E-state index is 15.6. The number of pyridine rings is 1. The predicted octanol–water partition coefficient (Wildman–Crippen LogP) is 7.60. The maximum Gasteiger partial charge on any atom is 0.127 e. The molecule has 36 heavy (non-hydrogen) atoms. The predicted molar refractivity (Wildman–Crippen MR) is 148 cm³/mol. The molecule has 1 aliphatic heterocycles. The number of likely N-dealkylation sites (tertiary alicyclic amines) is 1. The second kappa shape index (κ2) is 12.8. The van der Waals surface area contributed by atoms with Gasteiger partial charge in [-0.15, -0.1) is 11.8 Å². The smallest absolute Gasteiger partial charge is 0.127 e. The number of rotatable bonds is 11. The van der Waals surface area contributed by atoms with Crippen molar-refractivity contribution in [2.24, 2.45) is 5.41 Å². The van der Waals surface area contributed by atoms with Gasteiger partial charge in [-0.3, -0.25) is 4.98 Å². The Morgan fingerprint density at radius 1 is 1.19 bits per heavy atom. The van der Waals surface area contributed by atoms with Gasteiger partial charge in [0.15, 0.2) is 0 Å². The molecule has 2 aromatic carbocycles. The van der Waals surface area contributed by atoms with Crippen LogP contribution in [0.25, 0.3) is 10.9 Å². The van der Waals surface area contributed by atoms with Crippen LogP contribution in [0, 0.1) is 5.41 Å². The average Bonchev–Trinajstić information content (AvgIpc) is 2.90. The zero-order valence-corrected chi connectivity index (χ0v) is 22.9. The number of hydrogen-bond donors (Lipinski definition) is 1. The van der Waals surface area contributed by atoms with Crippen molar-refractivity contribution < 1.29 is 14.2 Å². The Morgan fingerprint density at radius 2 is 2.00 bits per heavy atom. The highest BCUT2D eigenvalue weighted by Crippen LogP contribution is 2.42. The lowest BCUT2D eigenvalue weighted by Gasteiger charge is -2.41. The molecule has 1 fully saturated rings. The minimum absolute atomic E-state index is 0.0802. The van der Waals surface area contributed by atoms with E-state index in [0.29, 0.717) is 40.1 Å². The average molecular weight is 552 g/mol. The molecule has 0 bridgehead atoms. The minimum Gasteiger partial charge on any atom is -0.497 e. The molecule has 1 aromatic heterocycles. The lowest BCUT2D eigenvalue weighted by Crippen LogP contribution is -2.42. The first-order valence-electron chi connectivity index (χ1n) is 12.4. The first-order chi connectivity index (χ1) is 17.4. The number of aliphatic hydroxyl groups excluding tert-OH is 1. The fraction of sp³-hybridized carbons (Fsp3) is 0.464. The van der Waals surface area contributed by atoms with E-state index in [1.807, 2.05) is 42.1 Å². The summed E-state index contributed by atoms with van der Waals surface area (Å²) in [6.07, 6.45) is 4.04. The molecule has 194 valence electrons. The standard InChI is InChI=1S/C28H33Cl2FN2O2S/c1-35-21-6-7-26-23(17-21)27(24(30)18-32-26)25(31)8-9-28(19-34)10-13-33(14-11-28)12-3-15-36-22-5-2-4-20(29)16-22/h2,4-7,16-18,25,34H,3,8-15,19H2,1H3/t25-/m1/s1. The minimum atomic E-state index is -1.24. The highest BCUT2D eigenvalue weighted by Gasteiger charge is 2.35. The summed E-state index contributed by atoms with van der Waals surface area (Å²) in [5.74, 6) is 1.68. The molecule has 3 aromatic rings. The molecule has 1 atom stereocenters. The third kappa shape index (κ3) is 6.84. The third-order valence-electron chi connectivity index (χ3n) is 7.25. The number of fused-ring (bicyclic) bond motifs is 1. The van der Waals surface area contributed by atoms with Gasteiger partial charge in [-0.1, -0.05) is 29.3 Å². The van der Waals surface area contributed by atoms with Crippen molar-refractivity contribution in [3.63, 3.8) is 0 Å². The molecule has 0 radical (unpaired) electrons. The molecule has 0 amide bonds. The number of alkyl halides is 1. The van der Waals surface area contributed by atoms with Gasteiger partial charge >= 0.3 is 0 Å². The molecule has 2 heterocycles. The van der Waals surface area contributed by atoms with Crippen molar-refractivity contribution in [2.45, 2.75) is 43.2 Å². The van der Waals surface area contributed by atoms with Crippen LogP contribution in [0.1, 0.15) is 43.8 Å². The largest absolute Gasteiger partial charge is 0.497 e. The molecule has 0 saturated carbocycles. The van der Waals surface area contributed by atoms with Gasteiger partial charge in [0.05, 0.1) is 17.6 Å². The van der Waals surface area contributed by atoms with E-state index in [9.17, 15) is 5.11 Å². The zero-order valence-electron chi connectivity index (χ0n) is 20.6. The van der Waals surface area contributed by atoms with Crippen LogP contribution in [0.2, 0.25) is 10.0 Å². The van der Waals surface area contributed by atoms with E-state index < -0.39 is 6.17 Å². The van der Waals surface area contributed by atoms with Crippen molar-refractivity contribution in [1.29, 1.82) is 0 Å². The molecular weight excluding hydrogens is 518 g/mol. The Morgan fingerprint density at radius 3 is 2.72 bits per heavy atom. The summed E-state index contributed by atoms with van der Waals surface area (Å²) in [6.45, 7) is 2.96. The van der Waals surface area contributed by atoms with E-state index in [1.54, 1.807) is 13.2 Å². The Bertz CT molecular complexity index is 1160. The number of aromatic nitrogens is 1. The quantitative estimate of drug-likeness (QED) is 0.196. The van der Waals surface area contributed by atoms with E-state index in [-0.39, 0.29) is 12.0 Å². The normalized spacial score (nSPS) is 16.8. The van der Waals surface area contributed by atoms with Gasteiger partial charge in [0.25, 0.3) is 0 Å². The Labute approximate surface area is 227 Å². The topological polar surface area (TPSA) is 45.6 Å². The number of benzene rings is 2. The molecule has 4 rings (SSSR count). The van der Waals surface area contributed by atoms with E-state index in [0.717, 1.165) is 49.7 Å². The molecule has 1 N–H and O–H groups in total. The number of thioether (sulfide) groups is 1. The SMILES string of the molecule is COc1ccc2ncc(Cl)c([C@H](F)CCC3(CO)CCN(CCCSc4cccc(Cl)c4)CC3)c2c1. The van der Waals surface area contributed by atoms with Crippen molar-refractivity contribution in [1.82, 2.24) is 9.88 Å². The number of halogens is 3. The third-order valence-corrected chi connectivity index (χ3v) is 8.86. The van der Waals surface area contributed by atoms with Crippen LogP contribution in [0.3, 0.4) is 0 Å². The second-order valence-electron chi connectivity index (χ2n) is 9.57. The van der Waals surface area contributed by atoms with Crippen LogP contribution < -0.4 is 4.74 Å². The van der Waals surface area contributed by atoms with Gasteiger partial charge in [-0.05, 0) is 99.3 Å². The van der Waals surface area contributed by atoms with Crippen LogP contribution in [-0.4, -0.2) is 54.1 Å². The summed E-state index contributed by atoms with van der Waals surface area (Å²) in [4.78, 5) is 7.99. The van der Waals surface area contributed by atoms with Crippen LogP contribution in [0.15, 0.2) is 53.6 Å².